The van der Waals surface area contributed by atoms with Crippen LogP contribution >= 0.6 is 0 Å². The van der Waals surface area contributed by atoms with Crippen LogP contribution in [0.25, 0.3) is 0 Å². The molecule has 1 aliphatic rings. The van der Waals surface area contributed by atoms with Gasteiger partial charge in [-0.05, 0) is 31.0 Å². The average Bonchev–Trinajstić information content (AvgIpc) is 3.01. The Balaban J connectivity index is 1.75. The van der Waals surface area contributed by atoms with Gasteiger partial charge in [-0.1, -0.05) is 25.0 Å². The van der Waals surface area contributed by atoms with Crippen LogP contribution in [0.2, 0.25) is 0 Å². The Labute approximate surface area is 124 Å². The summed E-state index contributed by atoms with van der Waals surface area (Å²) in [6.45, 7) is 0. The molecule has 1 aromatic carbocycles. The third-order valence-electron chi connectivity index (χ3n) is 3.65. The van der Waals surface area contributed by atoms with Gasteiger partial charge in [0.1, 0.15) is 11.9 Å². The van der Waals surface area contributed by atoms with Gasteiger partial charge < -0.3 is 10.6 Å². The van der Waals surface area contributed by atoms with Gasteiger partial charge in [0, 0.05) is 12.2 Å². The molecule has 1 aliphatic carbocycles. The Hall–Kier alpha value is -2.61. The van der Waals surface area contributed by atoms with E-state index in [0.717, 1.165) is 5.69 Å². The van der Waals surface area contributed by atoms with E-state index in [2.05, 4.69) is 26.7 Å². The first-order valence-electron chi connectivity index (χ1n) is 7.21. The highest BCUT2D eigenvalue weighted by atomic mass is 15.2. The fourth-order valence-corrected chi connectivity index (χ4v) is 2.58. The van der Waals surface area contributed by atoms with Crippen LogP contribution in [0.5, 0.6) is 0 Å². The summed E-state index contributed by atoms with van der Waals surface area (Å²) in [7, 11) is 0. The van der Waals surface area contributed by atoms with E-state index < -0.39 is 0 Å². The van der Waals surface area contributed by atoms with E-state index in [4.69, 9.17) is 5.26 Å². The molecule has 1 heterocycles. The van der Waals surface area contributed by atoms with Crippen LogP contribution in [0, 0.1) is 11.3 Å². The predicted octanol–water partition coefficient (Wildman–Crippen LogP) is 3.45. The number of benzene rings is 1. The van der Waals surface area contributed by atoms with Crippen molar-refractivity contribution in [2.75, 3.05) is 10.6 Å². The van der Waals surface area contributed by atoms with E-state index in [-0.39, 0.29) is 0 Å². The molecule has 5 nitrogen and oxygen atoms in total. The van der Waals surface area contributed by atoms with Crippen molar-refractivity contribution in [3.8, 4) is 6.07 Å². The number of para-hydroxylation sites is 1. The van der Waals surface area contributed by atoms with Crippen molar-refractivity contribution in [1.82, 2.24) is 9.97 Å². The lowest BCUT2D eigenvalue weighted by atomic mass is 10.2. The standard InChI is InChI=1S/C16H17N5/c17-11-12-5-1-4-8-14(12)20-15-9-10-18-16(21-15)19-13-6-2-3-7-13/h1,4-5,8-10,13H,2-3,6-7H2,(H2,18,19,20,21). The molecule has 0 spiro atoms. The molecule has 0 bridgehead atoms. The molecule has 106 valence electrons. The number of hydrogen-bond acceptors (Lipinski definition) is 5. The molecule has 3 rings (SSSR count). The van der Waals surface area contributed by atoms with Crippen LogP contribution in [-0.4, -0.2) is 16.0 Å². The molecular formula is C16H17N5. The van der Waals surface area contributed by atoms with E-state index in [1.807, 2.05) is 18.2 Å². The zero-order valence-corrected chi connectivity index (χ0v) is 11.7. The van der Waals surface area contributed by atoms with Crippen LogP contribution in [0.1, 0.15) is 31.2 Å². The highest BCUT2D eigenvalue weighted by molar-refractivity contribution is 5.64. The SMILES string of the molecule is N#Cc1ccccc1Nc1ccnc(NC2CCCC2)n1. The Morgan fingerprint density at radius 3 is 2.76 bits per heavy atom. The molecule has 0 unspecified atom stereocenters. The quantitative estimate of drug-likeness (QED) is 0.896. The van der Waals surface area contributed by atoms with Crippen molar-refractivity contribution >= 4 is 17.5 Å². The Bertz CT molecular complexity index is 656. The maximum atomic E-state index is 9.11. The maximum Gasteiger partial charge on any atom is 0.224 e. The zero-order chi connectivity index (χ0) is 14.5. The van der Waals surface area contributed by atoms with E-state index in [0.29, 0.717) is 23.4 Å². The van der Waals surface area contributed by atoms with E-state index in [1.54, 1.807) is 18.3 Å². The average molecular weight is 279 g/mol. The summed E-state index contributed by atoms with van der Waals surface area (Å²) >= 11 is 0. The first-order valence-corrected chi connectivity index (χ1v) is 7.21. The van der Waals surface area contributed by atoms with E-state index in [1.165, 1.54) is 25.7 Å². The molecule has 0 atom stereocenters. The van der Waals surface area contributed by atoms with Crippen LogP contribution in [0.4, 0.5) is 17.5 Å². The number of nitrogens with one attached hydrogen (secondary N) is 2. The maximum absolute atomic E-state index is 9.11. The molecular weight excluding hydrogens is 262 g/mol. The highest BCUT2D eigenvalue weighted by Crippen LogP contribution is 2.22. The number of hydrogen-bond donors (Lipinski definition) is 2. The van der Waals surface area contributed by atoms with E-state index in [9.17, 15) is 0 Å². The molecule has 2 N–H and O–H groups in total. The number of aromatic nitrogens is 2. The molecule has 0 aliphatic heterocycles. The lowest BCUT2D eigenvalue weighted by molar-refractivity contribution is 0.744. The summed E-state index contributed by atoms with van der Waals surface area (Å²) in [4.78, 5) is 8.72. The van der Waals surface area contributed by atoms with Crippen molar-refractivity contribution in [3.05, 3.63) is 42.1 Å². The summed E-state index contributed by atoms with van der Waals surface area (Å²) < 4.78 is 0. The minimum absolute atomic E-state index is 0.478. The second-order valence-corrected chi connectivity index (χ2v) is 5.17. The summed E-state index contributed by atoms with van der Waals surface area (Å²) in [5.74, 6) is 1.33. The Kier molecular flexibility index (Phi) is 3.97. The molecule has 1 saturated carbocycles. The summed E-state index contributed by atoms with van der Waals surface area (Å²) in [6.07, 6.45) is 6.62. The number of rotatable bonds is 4. The third kappa shape index (κ3) is 3.29. The van der Waals surface area contributed by atoms with Gasteiger partial charge in [0.25, 0.3) is 0 Å². The van der Waals surface area contributed by atoms with Crippen molar-refractivity contribution in [2.24, 2.45) is 0 Å². The lowest BCUT2D eigenvalue weighted by Crippen LogP contribution is -2.16. The van der Waals surface area contributed by atoms with E-state index >= 15 is 0 Å². The molecule has 2 aromatic rings. The van der Waals surface area contributed by atoms with Crippen molar-refractivity contribution < 1.29 is 0 Å². The fraction of sp³-hybridized carbons (Fsp3) is 0.312. The van der Waals surface area contributed by atoms with Crippen LogP contribution in [-0.2, 0) is 0 Å². The Morgan fingerprint density at radius 1 is 1.14 bits per heavy atom. The summed E-state index contributed by atoms with van der Waals surface area (Å²) in [5.41, 5.74) is 1.35. The normalized spacial score (nSPS) is 14.6. The molecule has 1 aromatic heterocycles. The van der Waals surface area contributed by atoms with Crippen LogP contribution < -0.4 is 10.6 Å². The van der Waals surface area contributed by atoms with Crippen LogP contribution in [0.3, 0.4) is 0 Å². The van der Waals surface area contributed by atoms with Crippen LogP contribution in [0.15, 0.2) is 36.5 Å². The summed E-state index contributed by atoms with van der Waals surface area (Å²) in [5, 5.41) is 15.6. The van der Waals surface area contributed by atoms with Gasteiger partial charge in [-0.15, -0.1) is 0 Å². The lowest BCUT2D eigenvalue weighted by Gasteiger charge is -2.13. The molecule has 1 fully saturated rings. The number of nitriles is 1. The molecule has 0 radical (unpaired) electrons. The van der Waals surface area contributed by atoms with Gasteiger partial charge >= 0.3 is 0 Å². The number of anilines is 3. The first-order chi connectivity index (χ1) is 10.3. The van der Waals surface area contributed by atoms with Gasteiger partial charge in [-0.2, -0.15) is 10.2 Å². The first kappa shape index (κ1) is 13.4. The van der Waals surface area contributed by atoms with Gasteiger partial charge in [0.05, 0.1) is 11.3 Å². The molecule has 21 heavy (non-hydrogen) atoms. The second kappa shape index (κ2) is 6.23. The largest absolute Gasteiger partial charge is 0.351 e. The molecule has 0 amide bonds. The van der Waals surface area contributed by atoms with Gasteiger partial charge in [0.2, 0.25) is 5.95 Å². The monoisotopic (exact) mass is 279 g/mol. The van der Waals surface area contributed by atoms with Gasteiger partial charge in [-0.3, -0.25) is 0 Å². The second-order valence-electron chi connectivity index (χ2n) is 5.17. The summed E-state index contributed by atoms with van der Waals surface area (Å²) in [6, 6.07) is 11.8. The van der Waals surface area contributed by atoms with Crippen molar-refractivity contribution in [1.29, 1.82) is 5.26 Å². The highest BCUT2D eigenvalue weighted by Gasteiger charge is 2.15. The van der Waals surface area contributed by atoms with Gasteiger partial charge in [-0.25, -0.2) is 4.98 Å². The van der Waals surface area contributed by atoms with Crippen molar-refractivity contribution in [2.45, 2.75) is 31.7 Å². The topological polar surface area (TPSA) is 73.6 Å². The molecule has 0 saturated heterocycles. The Morgan fingerprint density at radius 2 is 1.95 bits per heavy atom. The smallest absolute Gasteiger partial charge is 0.224 e. The number of nitrogens with zero attached hydrogens (tertiary/aromatic N) is 3. The third-order valence-corrected chi connectivity index (χ3v) is 3.65. The zero-order valence-electron chi connectivity index (χ0n) is 11.7. The predicted molar refractivity (Wildman–Crippen MR) is 82.4 cm³/mol. The van der Waals surface area contributed by atoms with Crippen molar-refractivity contribution in [3.63, 3.8) is 0 Å². The van der Waals surface area contributed by atoms with Gasteiger partial charge in [0.15, 0.2) is 0 Å². The minimum Gasteiger partial charge on any atom is -0.351 e. The fourth-order valence-electron chi connectivity index (χ4n) is 2.58. The molecule has 5 heteroatoms. The minimum atomic E-state index is 0.478.